The van der Waals surface area contributed by atoms with E-state index < -0.39 is 7.12 Å². The molecular weight excluding hydrogens is 475 g/mol. The Bertz CT molecular complexity index is 1560. The van der Waals surface area contributed by atoms with Crippen LogP contribution in [-0.2, 0) is 4.84 Å². The van der Waals surface area contributed by atoms with E-state index in [1.807, 2.05) is 74.8 Å². The second kappa shape index (κ2) is 9.89. The van der Waals surface area contributed by atoms with Crippen LogP contribution in [0.4, 0.5) is 0 Å². The van der Waals surface area contributed by atoms with Crippen LogP contribution < -0.4 is 5.46 Å². The van der Waals surface area contributed by atoms with Gasteiger partial charge in [-0.3, -0.25) is 9.97 Å². The summed E-state index contributed by atoms with van der Waals surface area (Å²) in [6, 6.07) is 25.5. The maximum Gasteiger partial charge on any atom is 0.488 e. The summed E-state index contributed by atoms with van der Waals surface area (Å²) in [5, 5.41) is 23.4. The predicted octanol–water partition coefficient (Wildman–Crippen LogP) is 4.29. The number of pyridine rings is 2. The SMILES string of the molecule is CC1=NOC(C)C1c1cnc2c(-c3ccc(B(O)O)cc3)cn(C(c3ccccc3)c3ccccn3)c2c1. The lowest BCUT2D eigenvalue weighted by atomic mass is 9.80. The van der Waals surface area contributed by atoms with E-state index in [4.69, 9.17) is 14.8 Å². The van der Waals surface area contributed by atoms with Crippen molar-refractivity contribution in [3.63, 3.8) is 0 Å². The van der Waals surface area contributed by atoms with Gasteiger partial charge in [-0.1, -0.05) is 65.8 Å². The van der Waals surface area contributed by atoms with E-state index in [1.54, 1.807) is 12.1 Å². The minimum atomic E-state index is -1.52. The fourth-order valence-electron chi connectivity index (χ4n) is 5.36. The third kappa shape index (κ3) is 4.28. The molecule has 0 aliphatic carbocycles. The summed E-state index contributed by atoms with van der Waals surface area (Å²) in [7, 11) is -1.52. The summed E-state index contributed by atoms with van der Waals surface area (Å²) < 4.78 is 2.24. The standard InChI is InChI=1S/C30H27BN4O3/c1-19-28(20(2)38-34-19)23-16-27-29(33-17-23)25(21-11-13-24(14-12-21)31(36)37)18-35(27)30(22-8-4-3-5-9-22)26-10-6-7-15-32-26/h3-18,20,28,30,36-37H,1-2H3. The van der Waals surface area contributed by atoms with Crippen LogP contribution in [0.3, 0.4) is 0 Å². The lowest BCUT2D eigenvalue weighted by Gasteiger charge is -2.21. The van der Waals surface area contributed by atoms with Crippen LogP contribution in [-0.4, -0.2) is 43.5 Å². The van der Waals surface area contributed by atoms with Crippen molar-refractivity contribution in [2.45, 2.75) is 31.9 Å². The Morgan fingerprint density at radius 2 is 1.71 bits per heavy atom. The van der Waals surface area contributed by atoms with E-state index in [9.17, 15) is 10.0 Å². The monoisotopic (exact) mass is 502 g/mol. The molecule has 3 aromatic heterocycles. The Morgan fingerprint density at radius 3 is 2.37 bits per heavy atom. The molecule has 188 valence electrons. The van der Waals surface area contributed by atoms with Crippen molar-refractivity contribution in [1.82, 2.24) is 14.5 Å². The van der Waals surface area contributed by atoms with Gasteiger partial charge in [-0.2, -0.15) is 0 Å². The molecule has 0 spiro atoms. The zero-order valence-corrected chi connectivity index (χ0v) is 21.1. The Morgan fingerprint density at radius 1 is 0.947 bits per heavy atom. The number of benzene rings is 2. The zero-order chi connectivity index (χ0) is 26.2. The molecule has 7 nitrogen and oxygen atoms in total. The molecule has 38 heavy (non-hydrogen) atoms. The van der Waals surface area contributed by atoms with Crippen molar-refractivity contribution in [1.29, 1.82) is 0 Å². The van der Waals surface area contributed by atoms with Gasteiger partial charge >= 0.3 is 7.12 Å². The number of oxime groups is 1. The van der Waals surface area contributed by atoms with Crippen molar-refractivity contribution < 1.29 is 14.9 Å². The number of nitrogens with zero attached hydrogens (tertiary/aromatic N) is 4. The number of aromatic nitrogens is 3. The summed E-state index contributed by atoms with van der Waals surface area (Å²) in [6.45, 7) is 4.01. The van der Waals surface area contributed by atoms with E-state index >= 15 is 0 Å². The first-order valence-electron chi connectivity index (χ1n) is 12.6. The van der Waals surface area contributed by atoms with Crippen LogP contribution in [0.15, 0.2) is 103 Å². The molecule has 1 aliphatic rings. The normalized spacial score (nSPS) is 17.7. The number of hydrogen-bond donors (Lipinski definition) is 2. The smallest absolute Gasteiger partial charge is 0.423 e. The fraction of sp³-hybridized carbons (Fsp3) is 0.167. The zero-order valence-electron chi connectivity index (χ0n) is 21.1. The molecule has 4 heterocycles. The highest BCUT2D eigenvalue weighted by molar-refractivity contribution is 6.58. The predicted molar refractivity (Wildman–Crippen MR) is 149 cm³/mol. The number of rotatable bonds is 6. The van der Waals surface area contributed by atoms with E-state index in [1.165, 1.54) is 0 Å². The van der Waals surface area contributed by atoms with E-state index in [2.05, 4.69) is 34.1 Å². The lowest BCUT2D eigenvalue weighted by molar-refractivity contribution is 0.0904. The molecule has 6 rings (SSSR count). The van der Waals surface area contributed by atoms with Crippen LogP contribution in [0.25, 0.3) is 22.2 Å². The molecule has 1 aliphatic heterocycles. The van der Waals surface area contributed by atoms with Gasteiger partial charge in [0.2, 0.25) is 0 Å². The Hall–Kier alpha value is -4.27. The third-order valence-corrected chi connectivity index (χ3v) is 7.21. The Labute approximate surface area is 221 Å². The van der Waals surface area contributed by atoms with Gasteiger partial charge < -0.3 is 19.5 Å². The van der Waals surface area contributed by atoms with Crippen molar-refractivity contribution in [2.24, 2.45) is 5.16 Å². The quantitative estimate of drug-likeness (QED) is 0.338. The van der Waals surface area contributed by atoms with Crippen LogP contribution in [0, 0.1) is 0 Å². The molecular formula is C30H27BN4O3. The van der Waals surface area contributed by atoms with Gasteiger partial charge in [0, 0.05) is 24.2 Å². The van der Waals surface area contributed by atoms with Gasteiger partial charge in [0.1, 0.15) is 12.1 Å². The second-order valence-corrected chi connectivity index (χ2v) is 9.67. The highest BCUT2D eigenvalue weighted by Gasteiger charge is 2.31. The first-order valence-corrected chi connectivity index (χ1v) is 12.6. The molecule has 3 unspecified atom stereocenters. The van der Waals surface area contributed by atoms with E-state index in [-0.39, 0.29) is 18.1 Å². The Balaban J connectivity index is 1.60. The largest absolute Gasteiger partial charge is 0.488 e. The maximum absolute atomic E-state index is 9.58. The summed E-state index contributed by atoms with van der Waals surface area (Å²) in [5.74, 6) is 0.0223. The van der Waals surface area contributed by atoms with E-state index in [0.29, 0.717) is 5.46 Å². The molecule has 0 saturated heterocycles. The van der Waals surface area contributed by atoms with Gasteiger partial charge in [0.25, 0.3) is 0 Å². The average Bonchev–Trinajstić information content (AvgIpc) is 3.49. The van der Waals surface area contributed by atoms with Crippen molar-refractivity contribution in [3.8, 4) is 11.1 Å². The van der Waals surface area contributed by atoms with E-state index in [0.717, 1.165) is 44.7 Å². The summed E-state index contributed by atoms with van der Waals surface area (Å²) in [6.07, 6.45) is 5.77. The highest BCUT2D eigenvalue weighted by Crippen LogP contribution is 2.38. The van der Waals surface area contributed by atoms with Gasteiger partial charge in [-0.25, -0.2) is 0 Å². The third-order valence-electron chi connectivity index (χ3n) is 7.21. The molecule has 2 N–H and O–H groups in total. The van der Waals surface area contributed by atoms with Crippen LogP contribution >= 0.6 is 0 Å². The minimum Gasteiger partial charge on any atom is -0.423 e. The minimum absolute atomic E-state index is 0.0223. The molecule has 0 fully saturated rings. The maximum atomic E-state index is 9.58. The average molecular weight is 502 g/mol. The molecule has 5 aromatic rings. The summed E-state index contributed by atoms with van der Waals surface area (Å²) in [5.41, 5.74) is 8.13. The molecule has 0 saturated carbocycles. The van der Waals surface area contributed by atoms with Crippen molar-refractivity contribution in [3.05, 3.63) is 114 Å². The van der Waals surface area contributed by atoms with Gasteiger partial charge in [-0.05, 0) is 54.2 Å². The van der Waals surface area contributed by atoms with Crippen LogP contribution in [0.1, 0.15) is 42.6 Å². The first-order chi connectivity index (χ1) is 18.5. The number of fused-ring (bicyclic) bond motifs is 1. The lowest BCUT2D eigenvalue weighted by Crippen LogP contribution is -2.29. The summed E-state index contributed by atoms with van der Waals surface area (Å²) >= 11 is 0. The Kier molecular flexibility index (Phi) is 6.27. The van der Waals surface area contributed by atoms with Crippen LogP contribution in [0.2, 0.25) is 0 Å². The molecule has 8 heteroatoms. The number of hydrogen-bond acceptors (Lipinski definition) is 6. The summed E-state index contributed by atoms with van der Waals surface area (Å²) in [4.78, 5) is 15.3. The molecule has 0 amide bonds. The van der Waals surface area contributed by atoms with Gasteiger partial charge in [-0.15, -0.1) is 0 Å². The van der Waals surface area contributed by atoms with Crippen molar-refractivity contribution >= 4 is 29.3 Å². The van der Waals surface area contributed by atoms with Gasteiger partial charge in [0.05, 0.1) is 28.4 Å². The molecule has 0 radical (unpaired) electrons. The molecule has 0 bridgehead atoms. The first kappa shape index (κ1) is 24.1. The molecule has 2 aromatic carbocycles. The van der Waals surface area contributed by atoms with Crippen LogP contribution in [0.5, 0.6) is 0 Å². The molecule has 3 atom stereocenters. The second-order valence-electron chi connectivity index (χ2n) is 9.67. The van der Waals surface area contributed by atoms with Gasteiger partial charge in [0.15, 0.2) is 0 Å². The fourth-order valence-corrected chi connectivity index (χ4v) is 5.36. The van der Waals surface area contributed by atoms with Crippen molar-refractivity contribution in [2.75, 3.05) is 0 Å². The topological polar surface area (TPSA) is 92.8 Å². The highest BCUT2D eigenvalue weighted by atomic mass is 16.6.